The van der Waals surface area contributed by atoms with Gasteiger partial charge in [0.1, 0.15) is 6.54 Å². The summed E-state index contributed by atoms with van der Waals surface area (Å²) in [5.74, 6) is 0.303. The van der Waals surface area contributed by atoms with Crippen LogP contribution in [0.15, 0.2) is 42.6 Å². The first-order valence-electron chi connectivity index (χ1n) is 10.7. The lowest BCUT2D eigenvalue weighted by Gasteiger charge is -2.32. The van der Waals surface area contributed by atoms with E-state index in [1.54, 1.807) is 4.90 Å². The van der Waals surface area contributed by atoms with E-state index in [0.29, 0.717) is 19.0 Å². The zero-order valence-electron chi connectivity index (χ0n) is 19.2. The summed E-state index contributed by atoms with van der Waals surface area (Å²) in [6.45, 7) is 11.4. The number of urea groups is 1. The van der Waals surface area contributed by atoms with Gasteiger partial charge >= 0.3 is 6.03 Å². The van der Waals surface area contributed by atoms with Crippen LogP contribution < -0.4 is 5.32 Å². The van der Waals surface area contributed by atoms with Gasteiger partial charge < -0.3 is 19.7 Å². The van der Waals surface area contributed by atoms with Crippen molar-refractivity contribution in [3.63, 3.8) is 0 Å². The Labute approximate surface area is 180 Å². The molecule has 0 spiro atoms. The van der Waals surface area contributed by atoms with Gasteiger partial charge in [-0.2, -0.15) is 0 Å². The summed E-state index contributed by atoms with van der Waals surface area (Å²) in [5, 5.41) is 2.98. The summed E-state index contributed by atoms with van der Waals surface area (Å²) in [5.41, 5.74) is 2.83. The van der Waals surface area contributed by atoms with Crippen LogP contribution in [0.1, 0.15) is 45.4 Å². The minimum atomic E-state index is -0.240. The summed E-state index contributed by atoms with van der Waals surface area (Å²) >= 11 is 0. The quantitative estimate of drug-likeness (QED) is 0.652. The molecule has 1 N–H and O–H groups in total. The van der Waals surface area contributed by atoms with Crippen molar-refractivity contribution in [2.75, 3.05) is 18.4 Å². The number of nitrogens with one attached hydrogen (secondary N) is 1. The maximum absolute atomic E-state index is 13.3. The minimum Gasteiger partial charge on any atom is -0.353 e. The van der Waals surface area contributed by atoms with Gasteiger partial charge in [-0.15, -0.1) is 0 Å². The van der Waals surface area contributed by atoms with E-state index in [2.05, 4.69) is 19.2 Å². The molecule has 1 aromatic heterocycles. The predicted molar refractivity (Wildman–Crippen MR) is 122 cm³/mol. The molecule has 1 atom stereocenters. The lowest BCUT2D eigenvalue weighted by Crippen LogP contribution is -2.48. The molecule has 6 nitrogen and oxygen atoms in total. The predicted octanol–water partition coefficient (Wildman–Crippen LogP) is 4.65. The Morgan fingerprint density at radius 1 is 1.10 bits per heavy atom. The number of amides is 3. The Kier molecular flexibility index (Phi) is 8.51. The molecule has 0 bridgehead atoms. The summed E-state index contributed by atoms with van der Waals surface area (Å²) in [7, 11) is 1.98. The molecule has 164 valence electrons. The molecule has 2 aromatic rings. The third-order valence-electron chi connectivity index (χ3n) is 5.42. The molecule has 1 heterocycles. The van der Waals surface area contributed by atoms with Crippen molar-refractivity contribution in [1.29, 1.82) is 0 Å². The Morgan fingerprint density at radius 3 is 2.37 bits per heavy atom. The van der Waals surface area contributed by atoms with Crippen molar-refractivity contribution in [1.82, 2.24) is 14.4 Å². The maximum Gasteiger partial charge on any atom is 0.322 e. The van der Waals surface area contributed by atoms with E-state index >= 15 is 0 Å². The third-order valence-corrected chi connectivity index (χ3v) is 5.42. The molecular formula is C24H36N4O2. The van der Waals surface area contributed by atoms with Gasteiger partial charge in [-0.25, -0.2) is 4.79 Å². The first-order chi connectivity index (χ1) is 14.2. The molecule has 0 fully saturated rings. The molecule has 1 unspecified atom stereocenters. The lowest BCUT2D eigenvalue weighted by molar-refractivity contribution is -0.133. The monoisotopic (exact) mass is 412 g/mol. The third kappa shape index (κ3) is 6.37. The van der Waals surface area contributed by atoms with E-state index in [1.165, 1.54) is 0 Å². The Hall–Kier alpha value is -2.76. The van der Waals surface area contributed by atoms with Crippen LogP contribution in [0.4, 0.5) is 10.5 Å². The van der Waals surface area contributed by atoms with Crippen LogP contribution in [0.5, 0.6) is 0 Å². The number of carbonyl (C=O) groups excluding carboxylic acids is 2. The van der Waals surface area contributed by atoms with Gasteiger partial charge in [0.25, 0.3) is 0 Å². The molecule has 0 radical (unpaired) electrons. The van der Waals surface area contributed by atoms with Gasteiger partial charge in [0.15, 0.2) is 0 Å². The van der Waals surface area contributed by atoms with E-state index < -0.39 is 0 Å². The lowest BCUT2D eigenvalue weighted by atomic mass is 10.2. The van der Waals surface area contributed by atoms with Crippen molar-refractivity contribution in [3.8, 4) is 0 Å². The summed E-state index contributed by atoms with van der Waals surface area (Å²) in [6, 6.07) is 11.4. The highest BCUT2D eigenvalue weighted by molar-refractivity contribution is 5.93. The number of hydrogen-bond acceptors (Lipinski definition) is 2. The number of carbonyl (C=O) groups is 2. The highest BCUT2D eigenvalue weighted by Crippen LogP contribution is 2.16. The SMILES string of the molecule is CCC(C)N(CC(=O)N(Cc1cccn1C)CC(C)C)C(=O)Nc1ccccc1C. The number of rotatable bonds is 9. The number of aryl methyl sites for hydroxylation is 2. The van der Waals surface area contributed by atoms with E-state index in [9.17, 15) is 9.59 Å². The summed E-state index contributed by atoms with van der Waals surface area (Å²) < 4.78 is 2.03. The fourth-order valence-corrected chi connectivity index (χ4v) is 3.35. The van der Waals surface area contributed by atoms with Crippen molar-refractivity contribution < 1.29 is 9.59 Å². The van der Waals surface area contributed by atoms with Gasteiger partial charge in [-0.1, -0.05) is 39.0 Å². The van der Waals surface area contributed by atoms with Gasteiger partial charge in [-0.05, 0) is 49.9 Å². The fourth-order valence-electron chi connectivity index (χ4n) is 3.35. The molecule has 0 aliphatic rings. The highest BCUT2D eigenvalue weighted by Gasteiger charge is 2.26. The Balaban J connectivity index is 2.17. The Bertz CT molecular complexity index is 843. The average molecular weight is 413 g/mol. The summed E-state index contributed by atoms with van der Waals surface area (Å²) in [4.78, 5) is 29.8. The van der Waals surface area contributed by atoms with Gasteiger partial charge in [0.2, 0.25) is 5.91 Å². The normalized spacial score (nSPS) is 12.0. The standard InChI is InChI=1S/C24H36N4O2/c1-7-20(5)28(24(30)25-22-13-9-8-11-19(22)4)17-23(29)27(15-18(2)3)16-21-12-10-14-26(21)6/h8-14,18,20H,7,15-17H2,1-6H3,(H,25,30). The maximum atomic E-state index is 13.3. The second-order valence-corrected chi connectivity index (χ2v) is 8.41. The Morgan fingerprint density at radius 2 is 1.80 bits per heavy atom. The van der Waals surface area contributed by atoms with Crippen molar-refractivity contribution in [2.45, 2.75) is 53.6 Å². The summed E-state index contributed by atoms with van der Waals surface area (Å²) in [6.07, 6.45) is 2.75. The van der Waals surface area contributed by atoms with Gasteiger partial charge in [-0.3, -0.25) is 4.79 Å². The second kappa shape index (κ2) is 10.9. The number of hydrogen-bond donors (Lipinski definition) is 1. The molecule has 0 saturated carbocycles. The van der Waals surface area contributed by atoms with E-state index in [1.807, 2.05) is 79.9 Å². The number of para-hydroxylation sites is 1. The second-order valence-electron chi connectivity index (χ2n) is 8.41. The highest BCUT2D eigenvalue weighted by atomic mass is 16.2. The van der Waals surface area contributed by atoms with Crippen LogP contribution in [0.25, 0.3) is 0 Å². The zero-order chi connectivity index (χ0) is 22.3. The van der Waals surface area contributed by atoms with Crippen LogP contribution in [-0.4, -0.2) is 45.4 Å². The van der Waals surface area contributed by atoms with Crippen molar-refractivity contribution in [2.24, 2.45) is 13.0 Å². The number of nitrogens with zero attached hydrogens (tertiary/aromatic N) is 3. The van der Waals surface area contributed by atoms with E-state index in [0.717, 1.165) is 23.4 Å². The van der Waals surface area contributed by atoms with Crippen molar-refractivity contribution >= 4 is 17.6 Å². The molecular weight excluding hydrogens is 376 g/mol. The molecule has 0 saturated heterocycles. The number of benzene rings is 1. The van der Waals surface area contributed by atoms with Gasteiger partial charge in [0.05, 0.1) is 6.54 Å². The van der Waals surface area contributed by atoms with E-state index in [-0.39, 0.29) is 24.5 Å². The average Bonchev–Trinajstić information content (AvgIpc) is 3.10. The van der Waals surface area contributed by atoms with Gasteiger partial charge in [0, 0.05) is 37.2 Å². The largest absolute Gasteiger partial charge is 0.353 e. The molecule has 1 aromatic carbocycles. The van der Waals surface area contributed by atoms with Crippen LogP contribution in [0, 0.1) is 12.8 Å². The molecule has 30 heavy (non-hydrogen) atoms. The number of anilines is 1. The minimum absolute atomic E-state index is 0.0369. The van der Waals surface area contributed by atoms with Crippen LogP contribution in [-0.2, 0) is 18.4 Å². The first-order valence-corrected chi connectivity index (χ1v) is 10.7. The van der Waals surface area contributed by atoms with Crippen molar-refractivity contribution in [3.05, 3.63) is 53.9 Å². The van der Waals surface area contributed by atoms with E-state index in [4.69, 9.17) is 0 Å². The topological polar surface area (TPSA) is 57.6 Å². The molecule has 0 aliphatic carbocycles. The smallest absolute Gasteiger partial charge is 0.322 e. The molecule has 3 amide bonds. The van der Waals surface area contributed by atoms with Crippen LogP contribution in [0.3, 0.4) is 0 Å². The number of aromatic nitrogens is 1. The zero-order valence-corrected chi connectivity index (χ0v) is 19.2. The molecule has 0 aliphatic heterocycles. The fraction of sp³-hybridized carbons (Fsp3) is 0.500. The first kappa shape index (κ1) is 23.5. The van der Waals surface area contributed by atoms with Crippen LogP contribution in [0.2, 0.25) is 0 Å². The van der Waals surface area contributed by atoms with Crippen LogP contribution >= 0.6 is 0 Å². The molecule has 2 rings (SSSR count). The molecule has 6 heteroatoms.